The summed E-state index contributed by atoms with van der Waals surface area (Å²) >= 11 is 3.32. The van der Waals surface area contributed by atoms with Gasteiger partial charge in [-0.05, 0) is 35.1 Å². The Kier molecular flexibility index (Phi) is 3.76. The number of alkyl halides is 1. The first-order valence-electron chi connectivity index (χ1n) is 6.41. The fraction of sp³-hybridized carbons (Fsp3) is 0.357. The largest absolute Gasteiger partial charge is 0.486 e. The van der Waals surface area contributed by atoms with Gasteiger partial charge in [-0.25, -0.2) is 9.37 Å². The van der Waals surface area contributed by atoms with Crippen molar-refractivity contribution in [3.8, 4) is 11.4 Å². The number of likely N-dealkylation sites (tertiary alicyclic amines) is 1. The number of halogens is 2. The van der Waals surface area contributed by atoms with Gasteiger partial charge in [0.2, 0.25) is 0 Å². The third-order valence-electron chi connectivity index (χ3n) is 3.34. The molecule has 1 fully saturated rings. The fourth-order valence-corrected chi connectivity index (χ4v) is 2.67. The van der Waals surface area contributed by atoms with Gasteiger partial charge in [-0.2, -0.15) is 0 Å². The molecule has 0 radical (unpaired) electrons. The highest BCUT2D eigenvalue weighted by Gasteiger charge is 2.32. The van der Waals surface area contributed by atoms with Crippen LogP contribution in [0.3, 0.4) is 0 Å². The zero-order chi connectivity index (χ0) is 14.1. The van der Waals surface area contributed by atoms with Gasteiger partial charge in [-0.3, -0.25) is 4.90 Å². The molecule has 1 aliphatic heterocycles. The van der Waals surface area contributed by atoms with E-state index in [1.165, 1.54) is 0 Å². The van der Waals surface area contributed by atoms with Crippen LogP contribution in [0.25, 0.3) is 5.69 Å². The number of benzene rings is 1. The molecule has 0 unspecified atom stereocenters. The second-order valence-electron chi connectivity index (χ2n) is 4.99. The summed E-state index contributed by atoms with van der Waals surface area (Å²) in [4.78, 5) is 6.06. The smallest absolute Gasteiger partial charge is 0.151 e. The van der Waals surface area contributed by atoms with E-state index in [2.05, 4.69) is 20.9 Å². The molecule has 0 bridgehead atoms. The summed E-state index contributed by atoms with van der Waals surface area (Å²) < 4.78 is 22.2. The van der Waals surface area contributed by atoms with E-state index in [1.807, 2.05) is 47.0 Å². The lowest BCUT2D eigenvalue weighted by atomic mass is 10.2. The summed E-state index contributed by atoms with van der Waals surface area (Å²) in [6.07, 6.45) is 2.24. The van der Waals surface area contributed by atoms with Crippen LogP contribution in [0, 0.1) is 0 Å². The van der Waals surface area contributed by atoms with E-state index < -0.39 is 12.3 Å². The molecule has 20 heavy (non-hydrogen) atoms. The molecule has 2 aromatic rings. The highest BCUT2D eigenvalue weighted by atomic mass is 79.9. The highest BCUT2D eigenvalue weighted by molar-refractivity contribution is 9.10. The van der Waals surface area contributed by atoms with Gasteiger partial charge in [-0.1, -0.05) is 6.07 Å². The molecule has 1 aromatic heterocycles. The van der Waals surface area contributed by atoms with Crippen LogP contribution in [-0.4, -0.2) is 46.9 Å². The number of aromatic nitrogens is 2. The Hall–Kier alpha value is -1.40. The number of hydrogen-bond donors (Lipinski definition) is 0. The van der Waals surface area contributed by atoms with Crippen LogP contribution in [0.5, 0.6) is 5.75 Å². The first-order valence-corrected chi connectivity index (χ1v) is 7.20. The summed E-state index contributed by atoms with van der Waals surface area (Å²) in [5.74, 6) is 0.676. The van der Waals surface area contributed by atoms with Crippen LogP contribution in [-0.2, 0) is 0 Å². The molecule has 4 nitrogen and oxygen atoms in total. The first-order chi connectivity index (χ1) is 9.61. The minimum atomic E-state index is -0.939. The summed E-state index contributed by atoms with van der Waals surface area (Å²) in [7, 11) is 1.90. The van der Waals surface area contributed by atoms with Crippen molar-refractivity contribution in [2.75, 3.05) is 20.1 Å². The average Bonchev–Trinajstić information content (AvgIpc) is 2.97. The quantitative estimate of drug-likeness (QED) is 0.861. The summed E-state index contributed by atoms with van der Waals surface area (Å²) in [5, 5.41) is 0. The van der Waals surface area contributed by atoms with Gasteiger partial charge < -0.3 is 9.30 Å². The second-order valence-corrected chi connectivity index (χ2v) is 5.81. The van der Waals surface area contributed by atoms with Crippen LogP contribution in [0.4, 0.5) is 4.39 Å². The van der Waals surface area contributed by atoms with E-state index in [0.29, 0.717) is 18.8 Å². The van der Waals surface area contributed by atoms with Crippen LogP contribution >= 0.6 is 15.9 Å². The molecule has 1 saturated heterocycles. The van der Waals surface area contributed by atoms with Gasteiger partial charge in [0.05, 0.1) is 5.69 Å². The van der Waals surface area contributed by atoms with Crippen LogP contribution in [0.2, 0.25) is 0 Å². The monoisotopic (exact) mass is 339 g/mol. The molecular formula is C14H15BrFN3O. The highest BCUT2D eigenvalue weighted by Crippen LogP contribution is 2.23. The standard InChI is InChI=1S/C14H15BrFN3O/c1-18-6-12(16)13(7-18)20-11-4-2-3-10(5-11)19-8-14(15)17-9-19/h2-5,8-9,12-13H,6-7H2,1H3/t12-,13+/m0/s1. The number of imidazole rings is 1. The van der Waals surface area contributed by atoms with Crippen molar-refractivity contribution in [2.45, 2.75) is 12.3 Å². The SMILES string of the molecule is CN1C[C@H](F)[C@H](Oc2cccc(-n3cnc(Br)c3)c2)C1. The van der Waals surface area contributed by atoms with Crippen LogP contribution in [0.1, 0.15) is 0 Å². The number of likely N-dealkylation sites (N-methyl/N-ethyl adjacent to an activating group) is 1. The lowest BCUT2D eigenvalue weighted by Crippen LogP contribution is -2.27. The molecule has 2 heterocycles. The minimum absolute atomic E-state index is 0.398. The summed E-state index contributed by atoms with van der Waals surface area (Å²) in [6.45, 7) is 1.04. The van der Waals surface area contributed by atoms with E-state index >= 15 is 0 Å². The fourth-order valence-electron chi connectivity index (χ4n) is 2.35. The molecule has 0 aliphatic carbocycles. The van der Waals surface area contributed by atoms with Gasteiger partial charge in [0.1, 0.15) is 22.8 Å². The zero-order valence-electron chi connectivity index (χ0n) is 11.0. The Morgan fingerprint density at radius 3 is 2.90 bits per heavy atom. The Morgan fingerprint density at radius 2 is 2.25 bits per heavy atom. The zero-order valence-corrected chi connectivity index (χ0v) is 12.6. The summed E-state index contributed by atoms with van der Waals surface area (Å²) in [5.41, 5.74) is 0.933. The second kappa shape index (κ2) is 5.54. The van der Waals surface area contributed by atoms with E-state index in [1.54, 1.807) is 6.33 Å². The minimum Gasteiger partial charge on any atom is -0.486 e. The molecule has 6 heteroatoms. The Bertz CT molecular complexity index is 604. The van der Waals surface area contributed by atoms with Crippen LogP contribution in [0.15, 0.2) is 41.4 Å². The van der Waals surface area contributed by atoms with Crippen molar-refractivity contribution in [3.63, 3.8) is 0 Å². The van der Waals surface area contributed by atoms with Crippen LogP contribution < -0.4 is 4.74 Å². The maximum Gasteiger partial charge on any atom is 0.151 e. The Balaban J connectivity index is 1.78. The Labute approximate surface area is 125 Å². The maximum absolute atomic E-state index is 13.8. The summed E-state index contributed by atoms with van der Waals surface area (Å²) in [6, 6.07) is 7.58. The van der Waals surface area contributed by atoms with Crippen molar-refractivity contribution in [3.05, 3.63) is 41.4 Å². The predicted molar refractivity (Wildman–Crippen MR) is 78.1 cm³/mol. The van der Waals surface area contributed by atoms with Crippen molar-refractivity contribution >= 4 is 15.9 Å². The molecule has 0 amide bonds. The lowest BCUT2D eigenvalue weighted by Gasteiger charge is -2.16. The number of nitrogens with zero attached hydrogens (tertiary/aromatic N) is 3. The maximum atomic E-state index is 13.8. The van der Waals surface area contributed by atoms with Crippen molar-refractivity contribution in [2.24, 2.45) is 0 Å². The Morgan fingerprint density at radius 1 is 1.40 bits per heavy atom. The molecule has 1 aliphatic rings. The molecule has 0 spiro atoms. The first kappa shape index (κ1) is 13.6. The predicted octanol–water partition coefficient (Wildman–Crippen LogP) is 2.67. The number of ether oxygens (including phenoxy) is 1. The van der Waals surface area contributed by atoms with E-state index in [4.69, 9.17) is 4.74 Å². The van der Waals surface area contributed by atoms with Gasteiger partial charge >= 0.3 is 0 Å². The van der Waals surface area contributed by atoms with Gasteiger partial charge in [-0.15, -0.1) is 0 Å². The number of hydrogen-bond acceptors (Lipinski definition) is 3. The van der Waals surface area contributed by atoms with Gasteiger partial charge in [0.25, 0.3) is 0 Å². The topological polar surface area (TPSA) is 30.3 Å². The average molecular weight is 340 g/mol. The molecule has 0 N–H and O–H groups in total. The van der Waals surface area contributed by atoms with Gasteiger partial charge in [0.15, 0.2) is 6.17 Å². The molecule has 1 aromatic carbocycles. The molecule has 0 saturated carbocycles. The van der Waals surface area contributed by atoms with Crippen molar-refractivity contribution < 1.29 is 9.13 Å². The molecule has 2 atom stereocenters. The number of rotatable bonds is 3. The molecule has 106 valence electrons. The van der Waals surface area contributed by atoms with E-state index in [0.717, 1.165) is 10.3 Å². The third-order valence-corrected chi connectivity index (χ3v) is 3.74. The van der Waals surface area contributed by atoms with E-state index in [-0.39, 0.29) is 0 Å². The van der Waals surface area contributed by atoms with Crippen molar-refractivity contribution in [1.29, 1.82) is 0 Å². The van der Waals surface area contributed by atoms with Gasteiger partial charge in [0, 0.05) is 25.4 Å². The molecule has 3 rings (SSSR count). The van der Waals surface area contributed by atoms with Crippen molar-refractivity contribution in [1.82, 2.24) is 14.5 Å². The van der Waals surface area contributed by atoms with E-state index in [9.17, 15) is 4.39 Å². The lowest BCUT2D eigenvalue weighted by molar-refractivity contribution is 0.139. The molecular weight excluding hydrogens is 325 g/mol. The third kappa shape index (κ3) is 2.86. The normalized spacial score (nSPS) is 23.1.